The molecular weight excluding hydrogens is 342 g/mol. The Labute approximate surface area is 150 Å². The van der Waals surface area contributed by atoms with E-state index in [1.807, 2.05) is 5.38 Å². The van der Waals surface area contributed by atoms with E-state index in [4.69, 9.17) is 9.47 Å². The molecule has 1 aromatic heterocycles. The first-order chi connectivity index (χ1) is 12.1. The van der Waals surface area contributed by atoms with Gasteiger partial charge in [0, 0.05) is 0 Å². The summed E-state index contributed by atoms with van der Waals surface area (Å²) in [4.78, 5) is 36.3. The zero-order valence-corrected chi connectivity index (χ0v) is 15.2. The van der Waals surface area contributed by atoms with Crippen LogP contribution in [0.15, 0.2) is 5.38 Å². The molecule has 136 valence electrons. The van der Waals surface area contributed by atoms with Crippen molar-refractivity contribution in [3.63, 3.8) is 0 Å². The molecule has 0 unspecified atom stereocenters. The van der Waals surface area contributed by atoms with E-state index in [1.54, 1.807) is 6.92 Å². The lowest BCUT2D eigenvalue weighted by atomic mass is 10.1. The SMILES string of the molecule is CCOC(=O)c1c(C2CC2)csc1NC(=O)COC(=O)C1CCCC1. The van der Waals surface area contributed by atoms with E-state index in [0.717, 1.165) is 44.1 Å². The number of thiophene rings is 1. The molecule has 0 spiro atoms. The van der Waals surface area contributed by atoms with Gasteiger partial charge in [0.1, 0.15) is 5.00 Å². The first-order valence-corrected chi connectivity index (χ1v) is 9.73. The Hall–Kier alpha value is -1.89. The average Bonchev–Trinajstić information content (AvgIpc) is 3.12. The van der Waals surface area contributed by atoms with Crippen molar-refractivity contribution in [3.05, 3.63) is 16.5 Å². The fourth-order valence-electron chi connectivity index (χ4n) is 3.15. The zero-order valence-electron chi connectivity index (χ0n) is 14.3. The first kappa shape index (κ1) is 17.9. The molecule has 2 saturated carbocycles. The normalized spacial score (nSPS) is 17.3. The Bertz CT molecular complexity index is 658. The minimum Gasteiger partial charge on any atom is -0.462 e. The Morgan fingerprint density at radius 2 is 1.88 bits per heavy atom. The molecule has 0 bridgehead atoms. The highest BCUT2D eigenvalue weighted by atomic mass is 32.1. The molecule has 3 rings (SSSR count). The first-order valence-electron chi connectivity index (χ1n) is 8.85. The second-order valence-corrected chi connectivity index (χ2v) is 7.41. The summed E-state index contributed by atoms with van der Waals surface area (Å²) >= 11 is 1.31. The van der Waals surface area contributed by atoms with Gasteiger partial charge in [0.2, 0.25) is 0 Å². The molecule has 6 nitrogen and oxygen atoms in total. The van der Waals surface area contributed by atoms with Gasteiger partial charge in [-0.05, 0) is 49.5 Å². The molecule has 25 heavy (non-hydrogen) atoms. The zero-order chi connectivity index (χ0) is 17.8. The summed E-state index contributed by atoms with van der Waals surface area (Å²) in [5.74, 6) is -0.847. The maximum absolute atomic E-state index is 12.2. The number of carbonyl (C=O) groups is 3. The van der Waals surface area contributed by atoms with Crippen LogP contribution in [0.2, 0.25) is 0 Å². The van der Waals surface area contributed by atoms with Crippen LogP contribution in [0.5, 0.6) is 0 Å². The third kappa shape index (κ3) is 4.39. The highest BCUT2D eigenvalue weighted by Crippen LogP contribution is 2.46. The molecular formula is C18H23NO5S. The van der Waals surface area contributed by atoms with E-state index in [2.05, 4.69) is 5.32 Å². The summed E-state index contributed by atoms with van der Waals surface area (Å²) in [5, 5.41) is 5.08. The van der Waals surface area contributed by atoms with Gasteiger partial charge in [-0.2, -0.15) is 0 Å². The smallest absolute Gasteiger partial charge is 0.341 e. The standard InChI is InChI=1S/C18H23NO5S/c1-2-23-18(22)15-13(11-7-8-11)10-25-16(15)19-14(20)9-24-17(21)12-5-3-4-6-12/h10-12H,2-9H2,1H3,(H,19,20). The van der Waals surface area contributed by atoms with Crippen LogP contribution in [-0.4, -0.2) is 31.1 Å². The van der Waals surface area contributed by atoms with E-state index in [1.165, 1.54) is 11.3 Å². The minimum atomic E-state index is -0.430. The van der Waals surface area contributed by atoms with Crippen LogP contribution in [0, 0.1) is 5.92 Å². The summed E-state index contributed by atoms with van der Waals surface area (Å²) in [6.07, 6.45) is 5.85. The number of esters is 2. The number of nitrogens with one attached hydrogen (secondary N) is 1. The van der Waals surface area contributed by atoms with Gasteiger partial charge in [0.15, 0.2) is 6.61 Å². The van der Waals surface area contributed by atoms with Gasteiger partial charge < -0.3 is 14.8 Å². The summed E-state index contributed by atoms with van der Waals surface area (Å²) < 4.78 is 10.2. The number of anilines is 1. The topological polar surface area (TPSA) is 81.7 Å². The lowest BCUT2D eigenvalue weighted by molar-refractivity contribution is -0.151. The molecule has 7 heteroatoms. The summed E-state index contributed by atoms with van der Waals surface area (Å²) in [5.41, 5.74) is 1.39. The highest BCUT2D eigenvalue weighted by Gasteiger charge is 2.32. The molecule has 0 atom stereocenters. The van der Waals surface area contributed by atoms with Crippen molar-refractivity contribution in [2.75, 3.05) is 18.5 Å². The van der Waals surface area contributed by atoms with Gasteiger partial charge in [-0.25, -0.2) is 4.79 Å². The fourth-order valence-corrected chi connectivity index (χ4v) is 4.20. The Morgan fingerprint density at radius 3 is 2.52 bits per heavy atom. The maximum Gasteiger partial charge on any atom is 0.341 e. The molecule has 0 aromatic carbocycles. The van der Waals surface area contributed by atoms with Gasteiger partial charge in [-0.15, -0.1) is 11.3 Å². The van der Waals surface area contributed by atoms with Gasteiger partial charge >= 0.3 is 11.9 Å². The van der Waals surface area contributed by atoms with Gasteiger partial charge in [0.05, 0.1) is 18.1 Å². The predicted molar refractivity (Wildman–Crippen MR) is 93.8 cm³/mol. The van der Waals surface area contributed by atoms with Crippen molar-refractivity contribution in [3.8, 4) is 0 Å². The number of amides is 1. The maximum atomic E-state index is 12.2. The minimum absolute atomic E-state index is 0.0777. The van der Waals surface area contributed by atoms with Crippen molar-refractivity contribution in [2.45, 2.75) is 51.4 Å². The van der Waals surface area contributed by atoms with Gasteiger partial charge in [-0.3, -0.25) is 9.59 Å². The molecule has 1 heterocycles. The molecule has 0 saturated heterocycles. The number of hydrogen-bond acceptors (Lipinski definition) is 6. The summed E-state index contributed by atoms with van der Waals surface area (Å²) in [6, 6.07) is 0. The Balaban J connectivity index is 1.60. The summed E-state index contributed by atoms with van der Waals surface area (Å²) in [7, 11) is 0. The third-order valence-electron chi connectivity index (χ3n) is 4.60. The van der Waals surface area contributed by atoms with Gasteiger partial charge in [0.25, 0.3) is 5.91 Å². The van der Waals surface area contributed by atoms with Gasteiger partial charge in [-0.1, -0.05) is 12.8 Å². The van der Waals surface area contributed by atoms with E-state index in [9.17, 15) is 14.4 Å². The fraction of sp³-hybridized carbons (Fsp3) is 0.611. The Kier molecular flexibility index (Phi) is 5.73. The lowest BCUT2D eigenvalue weighted by Crippen LogP contribution is -2.24. The van der Waals surface area contributed by atoms with Crippen LogP contribution in [0.3, 0.4) is 0 Å². The molecule has 2 aliphatic carbocycles. The largest absolute Gasteiger partial charge is 0.462 e. The molecule has 0 radical (unpaired) electrons. The van der Waals surface area contributed by atoms with Crippen LogP contribution in [0.4, 0.5) is 5.00 Å². The highest BCUT2D eigenvalue weighted by molar-refractivity contribution is 7.15. The van der Waals surface area contributed by atoms with Crippen molar-refractivity contribution >= 4 is 34.2 Å². The van der Waals surface area contributed by atoms with E-state index >= 15 is 0 Å². The number of carbonyl (C=O) groups excluding carboxylic acids is 3. The van der Waals surface area contributed by atoms with E-state index < -0.39 is 11.9 Å². The van der Waals surface area contributed by atoms with Crippen molar-refractivity contribution < 1.29 is 23.9 Å². The van der Waals surface area contributed by atoms with Crippen molar-refractivity contribution in [2.24, 2.45) is 5.92 Å². The monoisotopic (exact) mass is 365 g/mol. The molecule has 0 aliphatic heterocycles. The van der Waals surface area contributed by atoms with Crippen LogP contribution in [-0.2, 0) is 19.1 Å². The molecule has 1 N–H and O–H groups in total. The van der Waals surface area contributed by atoms with Crippen LogP contribution in [0.1, 0.15) is 67.3 Å². The van der Waals surface area contributed by atoms with Crippen molar-refractivity contribution in [1.29, 1.82) is 0 Å². The predicted octanol–water partition coefficient (Wildman–Crippen LogP) is 3.47. The van der Waals surface area contributed by atoms with Crippen molar-refractivity contribution in [1.82, 2.24) is 0 Å². The van der Waals surface area contributed by atoms with Crippen LogP contribution >= 0.6 is 11.3 Å². The third-order valence-corrected chi connectivity index (χ3v) is 5.52. The molecule has 2 aliphatic rings. The quantitative estimate of drug-likeness (QED) is 0.748. The summed E-state index contributed by atoms with van der Waals surface area (Å²) in [6.45, 7) is 1.71. The molecule has 2 fully saturated rings. The molecule has 1 amide bonds. The van der Waals surface area contributed by atoms with E-state index in [0.29, 0.717) is 16.5 Å². The lowest BCUT2D eigenvalue weighted by Gasteiger charge is -2.10. The van der Waals surface area contributed by atoms with E-state index in [-0.39, 0.29) is 25.1 Å². The Morgan fingerprint density at radius 1 is 1.16 bits per heavy atom. The van der Waals surface area contributed by atoms with Crippen LogP contribution < -0.4 is 5.32 Å². The average molecular weight is 365 g/mol. The number of rotatable bonds is 7. The second kappa shape index (κ2) is 7.99. The number of ether oxygens (including phenoxy) is 2. The number of hydrogen-bond donors (Lipinski definition) is 1. The van der Waals surface area contributed by atoms with Crippen LogP contribution in [0.25, 0.3) is 0 Å². The molecule has 1 aromatic rings. The second-order valence-electron chi connectivity index (χ2n) is 6.53.